The fourth-order valence-corrected chi connectivity index (χ4v) is 2.63. The van der Waals surface area contributed by atoms with Gasteiger partial charge in [-0.25, -0.2) is 4.98 Å². The molecule has 2 rings (SSSR count). The molecule has 0 aliphatic heterocycles. The van der Waals surface area contributed by atoms with Crippen LogP contribution in [-0.4, -0.2) is 16.9 Å². The van der Waals surface area contributed by atoms with E-state index in [2.05, 4.69) is 29.5 Å². The minimum absolute atomic E-state index is 0.0114. The summed E-state index contributed by atoms with van der Waals surface area (Å²) < 4.78 is 0. The predicted octanol–water partition coefficient (Wildman–Crippen LogP) is 4.62. The largest absolute Gasteiger partial charge is 0.359 e. The van der Waals surface area contributed by atoms with Crippen molar-refractivity contribution < 1.29 is 4.79 Å². The fraction of sp³-hybridized carbons (Fsp3) is 0.412. The van der Waals surface area contributed by atoms with Gasteiger partial charge < -0.3 is 10.6 Å². The zero-order chi connectivity index (χ0) is 16.3. The average molecular weight is 317 g/mol. The first-order chi connectivity index (χ1) is 10.3. The molecule has 1 heterocycles. The molecule has 0 fully saturated rings. The Hall–Kier alpha value is -1.88. The number of hydrogen-bond donors (Lipinski definition) is 2. The molecule has 1 aromatic carbocycles. The summed E-state index contributed by atoms with van der Waals surface area (Å²) in [5.41, 5.74) is 2.40. The first-order valence-corrected chi connectivity index (χ1v) is 8.27. The molecule has 2 aromatic rings. The molecular formula is C17H23N3OS. The SMILES string of the molecule is CC(C)Nc1nc(-c2ccc(NC(=O)C(C)(C)C)cc2)cs1. The summed E-state index contributed by atoms with van der Waals surface area (Å²) in [6.07, 6.45) is 0. The highest BCUT2D eigenvalue weighted by Gasteiger charge is 2.21. The van der Waals surface area contributed by atoms with Crippen LogP contribution in [0.4, 0.5) is 10.8 Å². The fourth-order valence-electron chi connectivity index (χ4n) is 1.76. The second kappa shape index (κ2) is 6.48. The van der Waals surface area contributed by atoms with Crippen LogP contribution in [0.15, 0.2) is 29.6 Å². The molecule has 0 bridgehead atoms. The van der Waals surface area contributed by atoms with E-state index >= 15 is 0 Å². The summed E-state index contributed by atoms with van der Waals surface area (Å²) >= 11 is 1.60. The van der Waals surface area contributed by atoms with Gasteiger partial charge in [-0.1, -0.05) is 32.9 Å². The standard InChI is InChI=1S/C17H23N3OS/c1-11(2)18-16-20-14(10-22-16)12-6-8-13(9-7-12)19-15(21)17(3,4)5/h6-11H,1-5H3,(H,18,20)(H,19,21). The number of thiazole rings is 1. The Balaban J connectivity index is 2.09. The van der Waals surface area contributed by atoms with Gasteiger partial charge in [0.15, 0.2) is 5.13 Å². The van der Waals surface area contributed by atoms with Crippen LogP contribution in [0.5, 0.6) is 0 Å². The van der Waals surface area contributed by atoms with Crippen molar-refractivity contribution in [2.24, 2.45) is 5.41 Å². The van der Waals surface area contributed by atoms with Crippen LogP contribution in [0.25, 0.3) is 11.3 Å². The van der Waals surface area contributed by atoms with Gasteiger partial charge in [0.2, 0.25) is 5.91 Å². The van der Waals surface area contributed by atoms with Crippen molar-refractivity contribution in [1.29, 1.82) is 0 Å². The molecule has 0 saturated carbocycles. The molecule has 0 aliphatic rings. The lowest BCUT2D eigenvalue weighted by Crippen LogP contribution is -2.27. The lowest BCUT2D eigenvalue weighted by atomic mass is 9.95. The van der Waals surface area contributed by atoms with Gasteiger partial charge in [-0.3, -0.25) is 4.79 Å². The number of aromatic nitrogens is 1. The van der Waals surface area contributed by atoms with Crippen molar-refractivity contribution >= 4 is 28.1 Å². The molecule has 0 unspecified atom stereocenters. The zero-order valence-electron chi connectivity index (χ0n) is 13.7. The second-order valence-corrected chi connectivity index (χ2v) is 7.48. The first kappa shape index (κ1) is 16.5. The quantitative estimate of drug-likeness (QED) is 0.865. The van der Waals surface area contributed by atoms with Crippen LogP contribution >= 0.6 is 11.3 Å². The minimum Gasteiger partial charge on any atom is -0.359 e. The van der Waals surface area contributed by atoms with E-state index in [4.69, 9.17) is 0 Å². The van der Waals surface area contributed by atoms with Crippen LogP contribution < -0.4 is 10.6 Å². The molecule has 1 amide bonds. The Morgan fingerprint density at radius 1 is 1.18 bits per heavy atom. The molecule has 0 atom stereocenters. The molecule has 2 N–H and O–H groups in total. The van der Waals surface area contributed by atoms with E-state index in [9.17, 15) is 4.79 Å². The number of nitrogens with zero attached hydrogens (tertiary/aromatic N) is 1. The third-order valence-electron chi connectivity index (χ3n) is 3.04. The molecule has 0 saturated heterocycles. The highest BCUT2D eigenvalue weighted by Crippen LogP contribution is 2.26. The van der Waals surface area contributed by atoms with Crippen LogP contribution in [0.3, 0.4) is 0 Å². The predicted molar refractivity (Wildman–Crippen MR) is 94.4 cm³/mol. The van der Waals surface area contributed by atoms with Crippen LogP contribution in [-0.2, 0) is 4.79 Å². The van der Waals surface area contributed by atoms with E-state index in [1.54, 1.807) is 11.3 Å². The summed E-state index contributed by atoms with van der Waals surface area (Å²) in [7, 11) is 0. The van der Waals surface area contributed by atoms with Crippen molar-refractivity contribution in [1.82, 2.24) is 4.98 Å². The Bertz CT molecular complexity index is 639. The van der Waals surface area contributed by atoms with Gasteiger partial charge in [0, 0.05) is 28.1 Å². The normalized spacial score (nSPS) is 11.5. The topological polar surface area (TPSA) is 54.0 Å². The number of carbonyl (C=O) groups is 1. The maximum atomic E-state index is 12.0. The van der Waals surface area contributed by atoms with E-state index < -0.39 is 5.41 Å². The summed E-state index contributed by atoms with van der Waals surface area (Å²) in [6.45, 7) is 9.88. The molecule has 4 nitrogen and oxygen atoms in total. The van der Waals surface area contributed by atoms with E-state index in [1.165, 1.54) is 0 Å². The van der Waals surface area contributed by atoms with Gasteiger partial charge in [-0.2, -0.15) is 0 Å². The summed E-state index contributed by atoms with van der Waals surface area (Å²) in [5, 5.41) is 9.18. The Morgan fingerprint density at radius 2 is 1.82 bits per heavy atom. The number of carbonyl (C=O) groups excluding carboxylic acids is 1. The third kappa shape index (κ3) is 4.31. The van der Waals surface area contributed by atoms with Gasteiger partial charge in [-0.05, 0) is 26.0 Å². The summed E-state index contributed by atoms with van der Waals surface area (Å²) in [5.74, 6) is 0.0114. The van der Waals surface area contributed by atoms with Crippen LogP contribution in [0.1, 0.15) is 34.6 Å². The molecule has 0 radical (unpaired) electrons. The van der Waals surface area contributed by atoms with Gasteiger partial charge in [0.05, 0.1) is 5.69 Å². The van der Waals surface area contributed by atoms with Crippen LogP contribution in [0.2, 0.25) is 0 Å². The smallest absolute Gasteiger partial charge is 0.229 e. The van der Waals surface area contributed by atoms with Gasteiger partial charge in [0.25, 0.3) is 0 Å². The molecular weight excluding hydrogens is 294 g/mol. The van der Waals surface area contributed by atoms with Crippen molar-refractivity contribution in [3.63, 3.8) is 0 Å². The maximum Gasteiger partial charge on any atom is 0.229 e. The highest BCUT2D eigenvalue weighted by atomic mass is 32.1. The number of amides is 1. The van der Waals surface area contributed by atoms with Gasteiger partial charge in [-0.15, -0.1) is 11.3 Å². The second-order valence-electron chi connectivity index (χ2n) is 6.62. The monoisotopic (exact) mass is 317 g/mol. The lowest BCUT2D eigenvalue weighted by Gasteiger charge is -2.17. The molecule has 22 heavy (non-hydrogen) atoms. The number of anilines is 2. The Labute approximate surface area is 136 Å². The molecule has 5 heteroatoms. The molecule has 1 aromatic heterocycles. The first-order valence-electron chi connectivity index (χ1n) is 7.39. The molecule has 0 aliphatic carbocycles. The number of rotatable bonds is 4. The average Bonchev–Trinajstić information content (AvgIpc) is 2.86. The third-order valence-corrected chi connectivity index (χ3v) is 3.81. The van der Waals surface area contributed by atoms with E-state index in [1.807, 2.05) is 50.4 Å². The number of benzene rings is 1. The van der Waals surface area contributed by atoms with Crippen molar-refractivity contribution in [2.45, 2.75) is 40.7 Å². The van der Waals surface area contributed by atoms with E-state index in [0.717, 1.165) is 22.1 Å². The number of nitrogens with one attached hydrogen (secondary N) is 2. The summed E-state index contributed by atoms with van der Waals surface area (Å²) in [4.78, 5) is 16.5. The highest BCUT2D eigenvalue weighted by molar-refractivity contribution is 7.14. The van der Waals surface area contributed by atoms with Crippen molar-refractivity contribution in [2.75, 3.05) is 10.6 Å². The number of hydrogen-bond acceptors (Lipinski definition) is 4. The maximum absolute atomic E-state index is 12.0. The Kier molecular flexibility index (Phi) is 4.86. The van der Waals surface area contributed by atoms with E-state index in [0.29, 0.717) is 6.04 Å². The molecule has 118 valence electrons. The van der Waals surface area contributed by atoms with E-state index in [-0.39, 0.29) is 5.91 Å². The van der Waals surface area contributed by atoms with Gasteiger partial charge >= 0.3 is 0 Å². The van der Waals surface area contributed by atoms with Crippen LogP contribution in [0, 0.1) is 5.41 Å². The summed E-state index contributed by atoms with van der Waals surface area (Å²) in [6, 6.07) is 8.15. The zero-order valence-corrected chi connectivity index (χ0v) is 14.5. The molecule has 0 spiro atoms. The Morgan fingerprint density at radius 3 is 2.36 bits per heavy atom. The lowest BCUT2D eigenvalue weighted by molar-refractivity contribution is -0.123. The van der Waals surface area contributed by atoms with Gasteiger partial charge in [0.1, 0.15) is 0 Å². The van der Waals surface area contributed by atoms with Crippen molar-refractivity contribution in [3.05, 3.63) is 29.6 Å². The van der Waals surface area contributed by atoms with Crippen molar-refractivity contribution in [3.8, 4) is 11.3 Å². The minimum atomic E-state index is -0.398.